The zero-order chi connectivity index (χ0) is 23.7. The topological polar surface area (TPSA) is 133 Å². The number of aromatic hydroxyl groups is 1. The third kappa shape index (κ3) is 4.73. The van der Waals surface area contributed by atoms with Crippen molar-refractivity contribution in [3.8, 4) is 16.9 Å². The van der Waals surface area contributed by atoms with Crippen molar-refractivity contribution in [1.82, 2.24) is 14.5 Å². The Morgan fingerprint density at radius 1 is 1.09 bits per heavy atom. The molecule has 2 aromatic heterocycles. The van der Waals surface area contributed by atoms with Gasteiger partial charge in [-0.2, -0.15) is 0 Å². The molecule has 0 unspecified atom stereocenters. The second-order valence-corrected chi connectivity index (χ2v) is 7.72. The zero-order valence-corrected chi connectivity index (χ0v) is 21.5. The summed E-state index contributed by atoms with van der Waals surface area (Å²) in [6.07, 6.45) is 0. The van der Waals surface area contributed by atoms with Crippen LogP contribution in [0.2, 0.25) is 5.15 Å². The van der Waals surface area contributed by atoms with E-state index >= 15 is 0 Å². The minimum Gasteiger partial charge on any atom is -1.00 e. The Balaban J connectivity index is 0.00000324. The van der Waals surface area contributed by atoms with Gasteiger partial charge in [0.1, 0.15) is 5.75 Å². The summed E-state index contributed by atoms with van der Waals surface area (Å²) in [5, 5.41) is 9.48. The van der Waals surface area contributed by atoms with Crippen molar-refractivity contribution in [2.45, 2.75) is 33.5 Å². The number of hydrogen-bond donors (Lipinski definition) is 3. The number of carbonyl (C=O) groups excluding carboxylic acids is 1. The van der Waals surface area contributed by atoms with E-state index in [4.69, 9.17) is 27.8 Å². The molecular formula is C23H24ClIN6O3. The minimum atomic E-state index is -0.734. The van der Waals surface area contributed by atoms with Crippen molar-refractivity contribution in [3.63, 3.8) is 0 Å². The molecule has 34 heavy (non-hydrogen) atoms. The zero-order valence-electron chi connectivity index (χ0n) is 18.6. The van der Waals surface area contributed by atoms with Crippen molar-refractivity contribution in [2.24, 2.45) is 0 Å². The number of aromatic nitrogens is 4. The number of rotatable bonds is 6. The summed E-state index contributed by atoms with van der Waals surface area (Å²) in [4.78, 5) is 20.4. The Labute approximate surface area is 218 Å². The van der Waals surface area contributed by atoms with Gasteiger partial charge in [-0.3, -0.25) is 0 Å². The highest BCUT2D eigenvalue weighted by atomic mass is 127. The van der Waals surface area contributed by atoms with Gasteiger partial charge < -0.3 is 45.3 Å². The number of benzene rings is 2. The number of halogens is 2. The second-order valence-electron chi connectivity index (χ2n) is 7.36. The number of hydrogen-bond acceptors (Lipinski definition) is 7. The van der Waals surface area contributed by atoms with E-state index in [0.29, 0.717) is 13.1 Å². The van der Waals surface area contributed by atoms with Crippen LogP contribution in [0.5, 0.6) is 5.75 Å². The van der Waals surface area contributed by atoms with E-state index in [0.717, 1.165) is 28.0 Å². The number of ether oxygens (including phenoxy) is 1. The average molecular weight is 595 g/mol. The molecule has 0 spiro atoms. The number of esters is 1. The summed E-state index contributed by atoms with van der Waals surface area (Å²) in [5.41, 5.74) is 15.2. The van der Waals surface area contributed by atoms with E-state index < -0.39 is 5.97 Å². The molecule has 0 atom stereocenters. The fourth-order valence-electron chi connectivity index (χ4n) is 3.88. The van der Waals surface area contributed by atoms with Crippen LogP contribution in [-0.4, -0.2) is 25.6 Å². The van der Waals surface area contributed by atoms with Crippen LogP contribution >= 0.6 is 11.6 Å². The number of nitrogens with two attached hydrogens (primary N) is 2. The number of imidazole rings is 1. The molecule has 5 N–H and O–H groups in total. The lowest BCUT2D eigenvalue weighted by Crippen LogP contribution is -3.00. The fourth-order valence-corrected chi connectivity index (χ4v) is 4.00. The lowest BCUT2D eigenvalue weighted by Gasteiger charge is -2.07. The van der Waals surface area contributed by atoms with Crippen molar-refractivity contribution < 1.29 is 43.2 Å². The van der Waals surface area contributed by atoms with Gasteiger partial charge in [-0.25, -0.2) is 23.9 Å². The number of aryl methyl sites for hydroxylation is 2. The first-order chi connectivity index (χ1) is 15.8. The lowest BCUT2D eigenvalue weighted by atomic mass is 10.0. The highest BCUT2D eigenvalue weighted by molar-refractivity contribution is 6.31. The maximum Gasteiger partial charge on any atom is 0.361 e. The van der Waals surface area contributed by atoms with Gasteiger partial charge in [0.2, 0.25) is 0 Å². The molecule has 0 aliphatic heterocycles. The number of nitrogen functional groups attached to an aromatic ring is 2. The van der Waals surface area contributed by atoms with Crippen LogP contribution in [0.25, 0.3) is 22.2 Å². The maximum atomic E-state index is 12.6. The van der Waals surface area contributed by atoms with Crippen molar-refractivity contribution >= 4 is 40.2 Å². The van der Waals surface area contributed by atoms with Gasteiger partial charge in [0, 0.05) is 0 Å². The van der Waals surface area contributed by atoms with Gasteiger partial charge in [0.15, 0.2) is 40.1 Å². The van der Waals surface area contributed by atoms with Crippen molar-refractivity contribution in [2.75, 3.05) is 11.5 Å². The molecule has 178 valence electrons. The van der Waals surface area contributed by atoms with Gasteiger partial charge >= 0.3 is 5.97 Å². The molecule has 0 aliphatic rings. The normalized spacial score (nSPS) is 10.8. The maximum absolute atomic E-state index is 12.6. The van der Waals surface area contributed by atoms with Gasteiger partial charge in [0.05, 0.1) is 13.1 Å². The molecule has 4 aromatic rings. The minimum absolute atomic E-state index is 0. The van der Waals surface area contributed by atoms with Crippen molar-refractivity contribution in [1.29, 1.82) is 0 Å². The fraction of sp³-hybridized carbons (Fsp3) is 0.217. The van der Waals surface area contributed by atoms with Gasteiger partial charge in [0.25, 0.3) is 5.82 Å². The first-order valence-electron chi connectivity index (χ1n) is 10.4. The number of phenols is 1. The molecule has 2 heterocycles. The van der Waals surface area contributed by atoms with Crippen LogP contribution in [0, 0.1) is 0 Å². The summed E-state index contributed by atoms with van der Waals surface area (Å²) in [6, 6.07) is 13.2. The van der Waals surface area contributed by atoms with Crippen LogP contribution in [0.3, 0.4) is 0 Å². The third-order valence-electron chi connectivity index (χ3n) is 5.44. The van der Waals surface area contributed by atoms with E-state index in [1.165, 1.54) is 0 Å². The van der Waals surface area contributed by atoms with Crippen LogP contribution in [0.1, 0.15) is 30.2 Å². The van der Waals surface area contributed by atoms with E-state index in [1.54, 1.807) is 12.1 Å². The van der Waals surface area contributed by atoms with E-state index in [1.807, 2.05) is 38.1 Å². The van der Waals surface area contributed by atoms with E-state index in [9.17, 15) is 9.90 Å². The van der Waals surface area contributed by atoms with Gasteiger partial charge in [-0.15, -0.1) is 0 Å². The standard InChI is InChI=1S/C23H23ClN6O3.HI/c1-3-29-16-10-7-14(13-5-8-15(31)9-6-13)11-17(16)30(4-2)18(29)12-33-23(32)19-21(25)28-22(26)20(24)27-19;/h5-11H,3-4,12H2,1-2H3,(H4-,25,26,28,31,32);1H. The number of fused-ring (bicyclic) bond motifs is 1. The molecule has 0 radical (unpaired) electrons. The Hall–Kier alpha value is -3.12. The molecule has 0 aliphatic carbocycles. The Bertz CT molecular complexity index is 1360. The Morgan fingerprint density at radius 3 is 2.41 bits per heavy atom. The summed E-state index contributed by atoms with van der Waals surface area (Å²) in [5.74, 6) is 0.115. The SMILES string of the molecule is CCn1c(COC(=O)c2nc(Cl)c(N)nc2N)[n+](CC)c2cc(-c3ccc(O)cc3)ccc21.[I-]. The number of carbonyl (C=O) groups is 1. The third-order valence-corrected chi connectivity index (χ3v) is 5.72. The predicted molar refractivity (Wildman–Crippen MR) is 126 cm³/mol. The molecule has 0 fully saturated rings. The summed E-state index contributed by atoms with van der Waals surface area (Å²) in [6.45, 7) is 5.42. The first-order valence-corrected chi connectivity index (χ1v) is 10.8. The van der Waals surface area contributed by atoms with Crippen LogP contribution in [0.4, 0.5) is 11.6 Å². The molecule has 0 bridgehead atoms. The molecule has 2 aromatic carbocycles. The summed E-state index contributed by atoms with van der Waals surface area (Å²) < 4.78 is 9.74. The monoisotopic (exact) mass is 594 g/mol. The summed E-state index contributed by atoms with van der Waals surface area (Å²) >= 11 is 5.89. The summed E-state index contributed by atoms with van der Waals surface area (Å²) in [7, 11) is 0. The van der Waals surface area contributed by atoms with Crippen LogP contribution in [-0.2, 0) is 24.4 Å². The predicted octanol–water partition coefficient (Wildman–Crippen LogP) is 0.310. The largest absolute Gasteiger partial charge is 1.00 e. The van der Waals surface area contributed by atoms with Crippen molar-refractivity contribution in [3.05, 3.63) is 59.1 Å². The molecule has 0 amide bonds. The van der Waals surface area contributed by atoms with E-state index in [-0.39, 0.29) is 58.8 Å². The van der Waals surface area contributed by atoms with E-state index in [2.05, 4.69) is 25.2 Å². The quantitative estimate of drug-likeness (QED) is 0.166. The molecular weight excluding hydrogens is 571 g/mol. The second kappa shape index (κ2) is 10.4. The van der Waals surface area contributed by atoms with Crippen LogP contribution < -0.4 is 40.0 Å². The van der Waals surface area contributed by atoms with Gasteiger partial charge in [-0.1, -0.05) is 23.7 Å². The number of anilines is 2. The lowest BCUT2D eigenvalue weighted by molar-refractivity contribution is -0.678. The molecule has 0 saturated heterocycles. The molecule has 4 rings (SSSR count). The average Bonchev–Trinajstić information content (AvgIpc) is 3.11. The smallest absolute Gasteiger partial charge is 0.361 e. The molecule has 0 saturated carbocycles. The molecule has 11 heteroatoms. The highest BCUT2D eigenvalue weighted by Gasteiger charge is 2.26. The Morgan fingerprint density at radius 2 is 1.76 bits per heavy atom. The Kier molecular flexibility index (Phi) is 7.82. The number of nitrogens with zero attached hydrogens (tertiary/aromatic N) is 4. The molecule has 9 nitrogen and oxygen atoms in total. The highest BCUT2D eigenvalue weighted by Crippen LogP contribution is 2.26. The van der Waals surface area contributed by atoms with Crippen LogP contribution in [0.15, 0.2) is 42.5 Å². The van der Waals surface area contributed by atoms with Gasteiger partial charge in [-0.05, 0) is 55.3 Å². The number of phenolic OH excluding ortho intramolecular Hbond substituents is 1. The first kappa shape index (κ1) is 25.5.